The minimum Gasteiger partial charge on any atom is -0.479 e. The molecule has 3 N–H and O–H groups in total. The maximum absolute atomic E-state index is 12.3. The topological polar surface area (TPSA) is 114 Å². The highest BCUT2D eigenvalue weighted by atomic mass is 16.5. The third-order valence-corrected chi connectivity index (χ3v) is 6.07. The van der Waals surface area contributed by atoms with E-state index in [1.807, 2.05) is 36.4 Å². The number of hydrogen-bond acceptors (Lipinski definition) is 5. The smallest absolute Gasteiger partial charge is 0.407 e. The summed E-state index contributed by atoms with van der Waals surface area (Å²) in [6.07, 6.45) is -1.03. The number of carbonyl (C=O) groups is 3. The van der Waals surface area contributed by atoms with Gasteiger partial charge in [0.1, 0.15) is 12.6 Å². The second kappa shape index (κ2) is 9.40. The van der Waals surface area contributed by atoms with E-state index in [2.05, 4.69) is 22.8 Å². The Bertz CT molecular complexity index is 978. The summed E-state index contributed by atoms with van der Waals surface area (Å²) in [7, 11) is 0. The van der Waals surface area contributed by atoms with E-state index in [4.69, 9.17) is 14.6 Å². The molecule has 1 saturated heterocycles. The number of benzene rings is 2. The van der Waals surface area contributed by atoms with Crippen LogP contribution in [0.4, 0.5) is 4.79 Å². The van der Waals surface area contributed by atoms with Crippen LogP contribution in [0, 0.1) is 5.92 Å². The molecule has 0 radical (unpaired) electrons. The molecule has 8 heteroatoms. The third kappa shape index (κ3) is 4.45. The first-order valence-electron chi connectivity index (χ1n) is 10.7. The largest absolute Gasteiger partial charge is 0.479 e. The maximum atomic E-state index is 12.3. The molecular weight excluding hydrogens is 412 g/mol. The van der Waals surface area contributed by atoms with E-state index in [1.165, 1.54) is 0 Å². The molecule has 4 rings (SSSR count). The molecule has 0 aromatic heterocycles. The predicted molar refractivity (Wildman–Crippen MR) is 116 cm³/mol. The zero-order chi connectivity index (χ0) is 22.7. The summed E-state index contributed by atoms with van der Waals surface area (Å²) in [6.45, 7) is 2.24. The number of hydrogen-bond donors (Lipinski definition) is 3. The molecule has 2 aliphatic rings. The lowest BCUT2D eigenvalue weighted by Crippen LogP contribution is -2.47. The van der Waals surface area contributed by atoms with Crippen LogP contribution in [0.3, 0.4) is 0 Å². The van der Waals surface area contributed by atoms with Crippen molar-refractivity contribution >= 4 is 18.0 Å². The van der Waals surface area contributed by atoms with Crippen molar-refractivity contribution in [1.29, 1.82) is 0 Å². The Kier molecular flexibility index (Phi) is 6.41. The van der Waals surface area contributed by atoms with Crippen LogP contribution in [-0.4, -0.2) is 55.0 Å². The lowest BCUT2D eigenvalue weighted by molar-refractivity contribution is -0.149. The number of amides is 2. The quantitative estimate of drug-likeness (QED) is 0.612. The van der Waals surface area contributed by atoms with Crippen molar-refractivity contribution in [3.8, 4) is 11.1 Å². The van der Waals surface area contributed by atoms with Gasteiger partial charge in [0.05, 0.1) is 0 Å². The highest BCUT2D eigenvalue weighted by molar-refractivity contribution is 5.85. The number of aliphatic carboxylic acids is 1. The molecule has 1 fully saturated rings. The first kappa shape index (κ1) is 21.8. The number of rotatable bonds is 7. The van der Waals surface area contributed by atoms with Gasteiger partial charge in [-0.2, -0.15) is 0 Å². The Morgan fingerprint density at radius 3 is 2.34 bits per heavy atom. The molecule has 2 amide bonds. The minimum absolute atomic E-state index is 0.0624. The summed E-state index contributed by atoms with van der Waals surface area (Å²) in [5.41, 5.74) is 4.50. The number of nitrogens with one attached hydrogen (secondary N) is 2. The highest BCUT2D eigenvalue weighted by Crippen LogP contribution is 2.44. The summed E-state index contributed by atoms with van der Waals surface area (Å²) >= 11 is 0. The van der Waals surface area contributed by atoms with Gasteiger partial charge >= 0.3 is 12.1 Å². The molecule has 0 spiro atoms. The Balaban J connectivity index is 1.29. The molecule has 0 saturated carbocycles. The van der Waals surface area contributed by atoms with Crippen molar-refractivity contribution in [3.63, 3.8) is 0 Å². The van der Waals surface area contributed by atoms with Crippen LogP contribution in [0.1, 0.15) is 30.4 Å². The van der Waals surface area contributed by atoms with Crippen LogP contribution < -0.4 is 10.6 Å². The van der Waals surface area contributed by atoms with Crippen molar-refractivity contribution in [3.05, 3.63) is 59.7 Å². The van der Waals surface area contributed by atoms with Gasteiger partial charge in [-0.25, -0.2) is 9.59 Å². The van der Waals surface area contributed by atoms with Crippen molar-refractivity contribution in [2.75, 3.05) is 19.8 Å². The molecular formula is C24H26N2O6. The van der Waals surface area contributed by atoms with Crippen LogP contribution in [0.5, 0.6) is 0 Å². The van der Waals surface area contributed by atoms with E-state index in [-0.39, 0.29) is 25.0 Å². The first-order chi connectivity index (χ1) is 15.5. The van der Waals surface area contributed by atoms with Crippen LogP contribution in [0.2, 0.25) is 0 Å². The van der Waals surface area contributed by atoms with Crippen LogP contribution >= 0.6 is 0 Å². The fourth-order valence-corrected chi connectivity index (χ4v) is 4.38. The van der Waals surface area contributed by atoms with Gasteiger partial charge in [-0.1, -0.05) is 48.5 Å². The molecule has 32 heavy (non-hydrogen) atoms. The summed E-state index contributed by atoms with van der Waals surface area (Å²) in [4.78, 5) is 35.8. The minimum atomic E-state index is -1.04. The number of carbonyl (C=O) groups excluding carboxylic acids is 2. The Morgan fingerprint density at radius 1 is 1.09 bits per heavy atom. The van der Waals surface area contributed by atoms with E-state index < -0.39 is 30.1 Å². The van der Waals surface area contributed by atoms with Gasteiger partial charge in [-0.05, 0) is 35.6 Å². The lowest BCUT2D eigenvalue weighted by atomic mass is 9.98. The Morgan fingerprint density at radius 2 is 1.72 bits per heavy atom. The van der Waals surface area contributed by atoms with Gasteiger partial charge in [-0.15, -0.1) is 0 Å². The average molecular weight is 438 g/mol. The van der Waals surface area contributed by atoms with Gasteiger partial charge in [0.2, 0.25) is 5.91 Å². The molecule has 1 heterocycles. The van der Waals surface area contributed by atoms with E-state index in [1.54, 1.807) is 6.92 Å². The van der Waals surface area contributed by atoms with Crippen LogP contribution in [0.15, 0.2) is 48.5 Å². The summed E-state index contributed by atoms with van der Waals surface area (Å²) in [5, 5.41) is 14.4. The first-order valence-corrected chi connectivity index (χ1v) is 10.7. The van der Waals surface area contributed by atoms with Crippen molar-refractivity contribution in [2.24, 2.45) is 5.92 Å². The molecule has 2 aromatic carbocycles. The van der Waals surface area contributed by atoms with Gasteiger partial charge in [0, 0.05) is 25.0 Å². The molecule has 0 bridgehead atoms. The monoisotopic (exact) mass is 438 g/mol. The molecule has 1 aliphatic carbocycles. The van der Waals surface area contributed by atoms with E-state index >= 15 is 0 Å². The average Bonchev–Trinajstić information content (AvgIpc) is 3.39. The van der Waals surface area contributed by atoms with Crippen molar-refractivity contribution < 1.29 is 29.0 Å². The zero-order valence-corrected chi connectivity index (χ0v) is 17.7. The summed E-state index contributed by atoms with van der Waals surface area (Å²) in [6, 6.07) is 15.3. The second-order valence-electron chi connectivity index (χ2n) is 8.12. The Labute approximate surface area is 185 Å². The number of carboxylic acid groups (broad SMARTS) is 1. The van der Waals surface area contributed by atoms with Gasteiger partial charge in [0.25, 0.3) is 0 Å². The molecule has 168 valence electrons. The highest BCUT2D eigenvalue weighted by Gasteiger charge is 2.34. The van der Waals surface area contributed by atoms with Gasteiger partial charge < -0.3 is 25.2 Å². The van der Waals surface area contributed by atoms with Crippen LogP contribution in [0.25, 0.3) is 11.1 Å². The SMILES string of the molecule is C[C@@H](NC(=O)OCC1c2ccccc2-c2ccccc21)C(=O)NCC1CCOC1C(=O)O. The fraction of sp³-hybridized carbons (Fsp3) is 0.375. The summed E-state index contributed by atoms with van der Waals surface area (Å²) < 4.78 is 10.6. The number of ether oxygens (including phenoxy) is 2. The number of alkyl carbamates (subject to hydrolysis) is 1. The van der Waals surface area contributed by atoms with Gasteiger partial charge in [-0.3, -0.25) is 4.79 Å². The molecule has 1 aliphatic heterocycles. The zero-order valence-electron chi connectivity index (χ0n) is 17.7. The molecule has 2 unspecified atom stereocenters. The molecule has 8 nitrogen and oxygen atoms in total. The summed E-state index contributed by atoms with van der Waals surface area (Å²) in [5.74, 6) is -1.80. The van der Waals surface area contributed by atoms with Crippen molar-refractivity contribution in [1.82, 2.24) is 10.6 Å². The number of carboxylic acids is 1. The lowest BCUT2D eigenvalue weighted by Gasteiger charge is -2.19. The molecule has 2 aromatic rings. The molecule has 3 atom stereocenters. The third-order valence-electron chi connectivity index (χ3n) is 6.07. The van der Waals surface area contributed by atoms with Gasteiger partial charge in [0.15, 0.2) is 6.10 Å². The normalized spacial score (nSPS) is 20.2. The maximum Gasteiger partial charge on any atom is 0.407 e. The Hall–Kier alpha value is -3.39. The van der Waals surface area contributed by atoms with Crippen LogP contribution in [-0.2, 0) is 19.1 Å². The fourth-order valence-electron chi connectivity index (χ4n) is 4.38. The van der Waals surface area contributed by atoms with E-state index in [0.717, 1.165) is 22.3 Å². The second-order valence-corrected chi connectivity index (χ2v) is 8.12. The number of fused-ring (bicyclic) bond motifs is 3. The standard InChI is InChI=1S/C24H26N2O6/c1-14(22(27)25-12-15-10-11-31-21(15)23(28)29)26-24(30)32-13-20-18-8-4-2-6-16(18)17-7-3-5-9-19(17)20/h2-9,14-15,20-21H,10-13H2,1H3,(H,25,27)(H,26,30)(H,28,29)/t14-,15?,21?/m1/s1. The van der Waals surface area contributed by atoms with Crippen molar-refractivity contribution in [2.45, 2.75) is 31.4 Å². The predicted octanol–water partition coefficient (Wildman–Crippen LogP) is 2.52. The van der Waals surface area contributed by atoms with E-state index in [9.17, 15) is 14.4 Å². The van der Waals surface area contributed by atoms with E-state index in [0.29, 0.717) is 13.0 Å².